The number of amides is 2. The van der Waals surface area contributed by atoms with Crippen LogP contribution in [-0.4, -0.2) is 11.8 Å². The lowest BCUT2D eigenvalue weighted by Gasteiger charge is -2.49. The Labute approximate surface area is 226 Å². The molecule has 2 aliphatic heterocycles. The molecule has 4 aromatic carbocycles. The number of hydrogen-bond acceptors (Lipinski definition) is 2. The van der Waals surface area contributed by atoms with Gasteiger partial charge in [0, 0.05) is 33.9 Å². The van der Waals surface area contributed by atoms with Gasteiger partial charge in [0.1, 0.15) is 11.1 Å². The molecule has 2 aliphatic rings. The van der Waals surface area contributed by atoms with Crippen LogP contribution in [0, 0.1) is 0 Å². The SMILES string of the molecule is CC(=O)N1c2ccc(Br)cc2[C@]2(c3ccccc3)N(C(C)=O)c3ccc(Br)cc3[C@]12c1ccccc1. The van der Waals surface area contributed by atoms with E-state index in [1.54, 1.807) is 13.8 Å². The highest BCUT2D eigenvalue weighted by atomic mass is 79.9. The maximum atomic E-state index is 13.8. The first-order valence-electron chi connectivity index (χ1n) is 11.7. The summed E-state index contributed by atoms with van der Waals surface area (Å²) in [6.45, 7) is 3.21. The standard InChI is InChI=1S/C30H22Br2N2O2/c1-19(35)33-27-15-13-23(31)17-25(27)30(22-11-7-4-8-12-22)29(33,21-9-5-3-6-10-21)26-18-24(32)14-16-28(26)34(30)20(2)36/h3-18H,1-2H3/t29-,30-/m0/s1. The summed E-state index contributed by atoms with van der Waals surface area (Å²) >= 11 is 7.36. The molecule has 36 heavy (non-hydrogen) atoms. The average Bonchev–Trinajstić information content (AvgIpc) is 3.29. The van der Waals surface area contributed by atoms with E-state index in [-0.39, 0.29) is 11.8 Å². The van der Waals surface area contributed by atoms with E-state index in [2.05, 4.69) is 68.3 Å². The second kappa shape index (κ2) is 8.15. The van der Waals surface area contributed by atoms with Crippen molar-refractivity contribution >= 4 is 55.0 Å². The van der Waals surface area contributed by atoms with Crippen LogP contribution in [0.1, 0.15) is 36.1 Å². The molecule has 0 bridgehead atoms. The molecule has 0 aliphatic carbocycles. The highest BCUT2D eigenvalue weighted by molar-refractivity contribution is 9.10. The van der Waals surface area contributed by atoms with Gasteiger partial charge in [0.05, 0.1) is 11.4 Å². The molecule has 0 spiro atoms. The fourth-order valence-electron chi connectivity index (χ4n) is 6.46. The van der Waals surface area contributed by atoms with Gasteiger partial charge in [-0.3, -0.25) is 19.4 Å². The van der Waals surface area contributed by atoms with Gasteiger partial charge in [-0.1, -0.05) is 92.5 Å². The third-order valence-electron chi connectivity index (χ3n) is 7.39. The maximum absolute atomic E-state index is 13.8. The first-order chi connectivity index (χ1) is 17.3. The van der Waals surface area contributed by atoms with Gasteiger partial charge < -0.3 is 0 Å². The van der Waals surface area contributed by atoms with E-state index < -0.39 is 11.1 Å². The molecule has 0 N–H and O–H groups in total. The molecule has 0 radical (unpaired) electrons. The monoisotopic (exact) mass is 600 g/mol. The van der Waals surface area contributed by atoms with Gasteiger partial charge in [0.25, 0.3) is 0 Å². The predicted molar refractivity (Wildman–Crippen MR) is 149 cm³/mol. The van der Waals surface area contributed by atoms with E-state index in [4.69, 9.17) is 0 Å². The Morgan fingerprint density at radius 2 is 0.944 bits per heavy atom. The van der Waals surface area contributed by atoms with Crippen LogP contribution in [0.2, 0.25) is 0 Å². The van der Waals surface area contributed by atoms with Crippen molar-refractivity contribution < 1.29 is 9.59 Å². The molecule has 6 rings (SSSR count). The van der Waals surface area contributed by atoms with Crippen molar-refractivity contribution in [3.63, 3.8) is 0 Å². The minimum atomic E-state index is -1.05. The maximum Gasteiger partial charge on any atom is 0.225 e. The second-order valence-corrected chi connectivity index (χ2v) is 11.0. The van der Waals surface area contributed by atoms with E-state index in [0.717, 1.165) is 42.6 Å². The van der Waals surface area contributed by atoms with Crippen molar-refractivity contribution in [2.75, 3.05) is 9.80 Å². The minimum Gasteiger partial charge on any atom is -0.295 e. The lowest BCUT2D eigenvalue weighted by Crippen LogP contribution is -2.62. The van der Waals surface area contributed by atoms with Crippen molar-refractivity contribution in [2.45, 2.75) is 24.9 Å². The van der Waals surface area contributed by atoms with Crippen LogP contribution >= 0.6 is 31.9 Å². The van der Waals surface area contributed by atoms with Gasteiger partial charge in [-0.05, 0) is 47.5 Å². The molecule has 4 aromatic rings. The number of benzene rings is 4. The molecule has 2 amide bonds. The van der Waals surface area contributed by atoms with Gasteiger partial charge in [-0.25, -0.2) is 0 Å². The zero-order valence-electron chi connectivity index (χ0n) is 19.7. The number of carbonyl (C=O) groups excluding carboxylic acids is 2. The Hall–Kier alpha value is -3.22. The molecule has 2 atom stereocenters. The number of fused-ring (bicyclic) bond motifs is 5. The van der Waals surface area contributed by atoms with Crippen molar-refractivity contribution in [1.29, 1.82) is 0 Å². The van der Waals surface area contributed by atoms with E-state index >= 15 is 0 Å². The lowest BCUT2D eigenvalue weighted by molar-refractivity contribution is -0.119. The average molecular weight is 602 g/mol. The number of nitrogens with zero attached hydrogens (tertiary/aromatic N) is 2. The normalized spacial score (nSPS) is 21.7. The van der Waals surface area contributed by atoms with Gasteiger partial charge in [-0.2, -0.15) is 0 Å². The topological polar surface area (TPSA) is 40.6 Å². The van der Waals surface area contributed by atoms with Crippen LogP contribution in [0.5, 0.6) is 0 Å². The fourth-order valence-corrected chi connectivity index (χ4v) is 7.18. The third kappa shape index (κ3) is 2.74. The number of rotatable bonds is 2. The first-order valence-corrected chi connectivity index (χ1v) is 13.3. The van der Waals surface area contributed by atoms with E-state index in [0.29, 0.717) is 0 Å². The van der Waals surface area contributed by atoms with Gasteiger partial charge in [0.2, 0.25) is 11.8 Å². The Kier molecular flexibility index (Phi) is 5.25. The fraction of sp³-hybridized carbons (Fsp3) is 0.133. The van der Waals surface area contributed by atoms with Crippen LogP contribution in [0.4, 0.5) is 11.4 Å². The Morgan fingerprint density at radius 1 is 0.583 bits per heavy atom. The van der Waals surface area contributed by atoms with Crippen LogP contribution in [0.3, 0.4) is 0 Å². The zero-order chi connectivity index (χ0) is 25.2. The molecule has 0 saturated carbocycles. The molecule has 178 valence electrons. The molecule has 6 heteroatoms. The quantitative estimate of drug-likeness (QED) is 0.245. The summed E-state index contributed by atoms with van der Waals surface area (Å²) in [5, 5.41) is 0. The molecule has 2 heterocycles. The first kappa shape index (κ1) is 23.2. The van der Waals surface area contributed by atoms with Crippen molar-refractivity contribution in [1.82, 2.24) is 0 Å². The third-order valence-corrected chi connectivity index (χ3v) is 8.37. The smallest absolute Gasteiger partial charge is 0.225 e. The van der Waals surface area contributed by atoms with E-state index in [9.17, 15) is 9.59 Å². The molecular formula is C30H22Br2N2O2. The Bertz CT molecular complexity index is 1420. The van der Waals surface area contributed by atoms with Crippen LogP contribution in [-0.2, 0) is 20.7 Å². The van der Waals surface area contributed by atoms with Crippen molar-refractivity contribution in [3.8, 4) is 0 Å². The molecule has 0 saturated heterocycles. The molecule has 0 unspecified atom stereocenters. The summed E-state index contributed by atoms with van der Waals surface area (Å²) in [5.74, 6) is -0.201. The van der Waals surface area contributed by atoms with Crippen LogP contribution in [0.25, 0.3) is 0 Å². The summed E-state index contributed by atoms with van der Waals surface area (Å²) in [7, 11) is 0. The molecule has 0 aromatic heterocycles. The Morgan fingerprint density at radius 3 is 1.28 bits per heavy atom. The van der Waals surface area contributed by atoms with Gasteiger partial charge in [0.15, 0.2) is 0 Å². The van der Waals surface area contributed by atoms with Gasteiger partial charge in [-0.15, -0.1) is 0 Å². The zero-order valence-corrected chi connectivity index (χ0v) is 22.9. The summed E-state index contributed by atoms with van der Waals surface area (Å²) in [6, 6.07) is 32.1. The summed E-state index contributed by atoms with van der Waals surface area (Å²) in [6.07, 6.45) is 0. The van der Waals surface area contributed by atoms with Crippen LogP contribution < -0.4 is 9.80 Å². The molecule has 0 fully saturated rings. The minimum absolute atomic E-state index is 0.100. The number of carbonyl (C=O) groups is 2. The summed E-state index contributed by atoms with van der Waals surface area (Å²) in [5.41, 5.74) is 3.13. The van der Waals surface area contributed by atoms with Gasteiger partial charge >= 0.3 is 0 Å². The van der Waals surface area contributed by atoms with E-state index in [1.165, 1.54) is 0 Å². The predicted octanol–water partition coefficient (Wildman–Crippen LogP) is 7.13. The van der Waals surface area contributed by atoms with Crippen LogP contribution in [0.15, 0.2) is 106 Å². The molecule has 4 nitrogen and oxygen atoms in total. The Balaban J connectivity index is 1.94. The second-order valence-electron chi connectivity index (χ2n) is 9.18. The summed E-state index contributed by atoms with van der Waals surface area (Å²) in [4.78, 5) is 31.3. The number of halogens is 2. The number of hydrogen-bond donors (Lipinski definition) is 0. The summed E-state index contributed by atoms with van der Waals surface area (Å²) < 4.78 is 1.76. The highest BCUT2D eigenvalue weighted by Gasteiger charge is 2.73. The van der Waals surface area contributed by atoms with Crippen molar-refractivity contribution in [3.05, 3.63) is 128 Å². The molecular weight excluding hydrogens is 580 g/mol. The van der Waals surface area contributed by atoms with E-state index in [1.807, 2.05) is 70.5 Å². The lowest BCUT2D eigenvalue weighted by atomic mass is 9.65. The number of anilines is 2. The van der Waals surface area contributed by atoms with Crippen molar-refractivity contribution in [2.24, 2.45) is 0 Å². The largest absolute Gasteiger partial charge is 0.295 e. The highest BCUT2D eigenvalue weighted by Crippen LogP contribution is 2.70.